The van der Waals surface area contributed by atoms with Gasteiger partial charge in [0.1, 0.15) is 17.6 Å². The first-order valence-electron chi connectivity index (χ1n) is 17.8. The second-order valence-corrected chi connectivity index (χ2v) is 12.8. The van der Waals surface area contributed by atoms with Crippen LogP contribution in [-0.4, -0.2) is 63.3 Å². The van der Waals surface area contributed by atoms with E-state index < -0.39 is 47.2 Å². The third-order valence-electron chi connectivity index (χ3n) is 8.51. The number of unbranched alkanes of at least 4 members (excludes halogenated alkanes) is 1. The molecule has 3 aromatic carbocycles. The number of nitrogens with two attached hydrogens (primary N) is 4. The topological polar surface area (TPSA) is 232 Å². The van der Waals surface area contributed by atoms with Gasteiger partial charge in [0.15, 0.2) is 11.7 Å². The lowest BCUT2D eigenvalue weighted by molar-refractivity contribution is -0.138. The van der Waals surface area contributed by atoms with Gasteiger partial charge < -0.3 is 53.7 Å². The number of carbonyl (C=O) groups excluding carboxylic acids is 2. The Morgan fingerprint density at radius 1 is 0.911 bits per heavy atom. The van der Waals surface area contributed by atoms with Gasteiger partial charge in [0, 0.05) is 38.3 Å². The highest BCUT2D eigenvalue weighted by molar-refractivity contribution is 6.03. The van der Waals surface area contributed by atoms with Crippen LogP contribution in [0, 0.1) is 5.41 Å². The number of alkyl halides is 6. The average molecular weight is 797 g/mol. The normalized spacial score (nSPS) is 14.2. The number of rotatable bonds is 18. The fraction of sp³-hybridized carbons (Fsp3) is 0.417. The highest BCUT2D eigenvalue weighted by atomic mass is 19.4. The Bertz CT molecular complexity index is 1840. The molecule has 0 spiro atoms. The third-order valence-corrected chi connectivity index (χ3v) is 8.51. The molecule has 3 aromatic rings. The Morgan fingerprint density at radius 3 is 2.30 bits per heavy atom. The lowest BCUT2D eigenvalue weighted by Gasteiger charge is -2.28. The number of halogens is 6. The molecule has 1 fully saturated rings. The molecule has 1 atom stereocenters. The number of benzene rings is 3. The largest absolute Gasteiger partial charge is 0.485 e. The number of nitrogens with zero attached hydrogens (tertiary/aromatic N) is 1. The van der Waals surface area contributed by atoms with Crippen LogP contribution in [0.3, 0.4) is 0 Å². The number of ether oxygens (including phenoxy) is 2. The summed E-state index contributed by atoms with van der Waals surface area (Å²) in [4.78, 5) is 27.2. The van der Waals surface area contributed by atoms with Crippen molar-refractivity contribution in [1.82, 2.24) is 10.6 Å². The molecule has 0 saturated carbocycles. The second kappa shape index (κ2) is 19.4. The fourth-order valence-corrected chi connectivity index (χ4v) is 5.89. The zero-order valence-corrected chi connectivity index (χ0v) is 30.3. The van der Waals surface area contributed by atoms with E-state index in [-0.39, 0.29) is 72.7 Å². The van der Waals surface area contributed by atoms with E-state index >= 15 is 0 Å². The lowest BCUT2D eigenvalue weighted by atomic mass is 10.1. The van der Waals surface area contributed by atoms with Gasteiger partial charge >= 0.3 is 18.4 Å². The molecule has 0 unspecified atom stereocenters. The Morgan fingerprint density at radius 2 is 1.68 bits per heavy atom. The van der Waals surface area contributed by atoms with Crippen molar-refractivity contribution in [3.8, 4) is 17.2 Å². The highest BCUT2D eigenvalue weighted by Crippen LogP contribution is 2.46. The Labute approximate surface area is 319 Å². The molecule has 1 heterocycles. The third kappa shape index (κ3) is 12.0. The zero-order valence-electron chi connectivity index (χ0n) is 30.3. The Balaban J connectivity index is 1.80. The van der Waals surface area contributed by atoms with Crippen molar-refractivity contribution in [2.24, 2.45) is 22.9 Å². The minimum atomic E-state index is -4.95. The van der Waals surface area contributed by atoms with Crippen molar-refractivity contribution in [3.63, 3.8) is 0 Å². The second-order valence-electron chi connectivity index (χ2n) is 12.8. The number of aryl methyl sites for hydroxylation is 1. The quantitative estimate of drug-likeness (QED) is 0.0348. The summed E-state index contributed by atoms with van der Waals surface area (Å²) in [6, 6.07) is 7.61. The smallest absolute Gasteiger partial charge is 0.418 e. The maximum Gasteiger partial charge on any atom is 0.418 e. The van der Waals surface area contributed by atoms with Gasteiger partial charge in [-0.2, -0.15) is 26.3 Å². The molecule has 13 N–H and O–H groups in total. The van der Waals surface area contributed by atoms with Gasteiger partial charge in [0.05, 0.1) is 28.2 Å². The van der Waals surface area contributed by atoms with Crippen LogP contribution < -0.4 is 58.6 Å². The maximum absolute atomic E-state index is 14.5. The van der Waals surface area contributed by atoms with E-state index in [0.29, 0.717) is 63.0 Å². The minimum Gasteiger partial charge on any atom is -0.485 e. The average Bonchev–Trinajstić information content (AvgIpc) is 3.64. The molecule has 3 amide bonds. The molecule has 0 aliphatic carbocycles. The van der Waals surface area contributed by atoms with Crippen molar-refractivity contribution in [3.05, 3.63) is 65.2 Å². The molecule has 56 heavy (non-hydrogen) atoms. The van der Waals surface area contributed by atoms with Gasteiger partial charge in [-0.25, -0.2) is 4.79 Å². The molecule has 4 rings (SSSR count). The van der Waals surface area contributed by atoms with Gasteiger partial charge in [-0.1, -0.05) is 0 Å². The van der Waals surface area contributed by atoms with Crippen LogP contribution in [0.15, 0.2) is 48.5 Å². The van der Waals surface area contributed by atoms with Crippen LogP contribution in [0.25, 0.3) is 0 Å². The van der Waals surface area contributed by atoms with Crippen molar-refractivity contribution in [1.29, 1.82) is 5.41 Å². The van der Waals surface area contributed by atoms with Gasteiger partial charge in [0.2, 0.25) is 5.91 Å². The summed E-state index contributed by atoms with van der Waals surface area (Å²) in [6.45, 7) is 1.55. The van der Waals surface area contributed by atoms with Crippen molar-refractivity contribution in [2.45, 2.75) is 57.0 Å². The SMILES string of the molecule is N=C(N)NCCCCC(=O)Nc1cc(C(F)(F)F)cc(N(C(N)=O)c2ccc(Oc3ccc(NCCN)c(C(F)(F)F)c3)c(CCCN)c2)c1O[C@@H]1CCNC1. The minimum absolute atomic E-state index is 0.0295. The molecule has 1 aliphatic heterocycles. The molecule has 14 nitrogen and oxygen atoms in total. The van der Waals surface area contributed by atoms with Gasteiger partial charge in [-0.15, -0.1) is 0 Å². The summed E-state index contributed by atoms with van der Waals surface area (Å²) in [7, 11) is 0. The van der Waals surface area contributed by atoms with E-state index in [1.807, 2.05) is 0 Å². The van der Waals surface area contributed by atoms with Crippen LogP contribution >= 0.6 is 0 Å². The monoisotopic (exact) mass is 796 g/mol. The molecular formula is C36H46F6N10O4. The first-order valence-corrected chi connectivity index (χ1v) is 17.8. The molecule has 0 aromatic heterocycles. The van der Waals surface area contributed by atoms with E-state index in [4.69, 9.17) is 37.8 Å². The number of amides is 3. The predicted octanol–water partition coefficient (Wildman–Crippen LogP) is 5.33. The summed E-state index contributed by atoms with van der Waals surface area (Å²) in [6.07, 6.45) is -8.59. The number of hydrogen-bond donors (Lipinski definition) is 9. The molecule has 1 saturated heterocycles. The number of hydrogen-bond acceptors (Lipinski definition) is 9. The Hall–Kier alpha value is -5.47. The van der Waals surface area contributed by atoms with Crippen LogP contribution in [0.5, 0.6) is 17.2 Å². The fourth-order valence-electron chi connectivity index (χ4n) is 5.89. The number of guanidine groups is 1. The van der Waals surface area contributed by atoms with Gasteiger partial charge in [-0.05, 0) is 99.3 Å². The van der Waals surface area contributed by atoms with E-state index in [2.05, 4.69) is 21.3 Å². The molecule has 306 valence electrons. The van der Waals surface area contributed by atoms with Crippen molar-refractivity contribution in [2.75, 3.05) is 54.8 Å². The van der Waals surface area contributed by atoms with Crippen LogP contribution in [0.1, 0.15) is 48.8 Å². The van der Waals surface area contributed by atoms with Crippen LogP contribution in [-0.2, 0) is 23.6 Å². The number of urea groups is 1. The molecule has 0 radical (unpaired) electrons. The molecule has 1 aliphatic rings. The number of primary amides is 1. The highest BCUT2D eigenvalue weighted by Gasteiger charge is 2.37. The standard InChI is InChI=1S/C36H46F6N10O4/c37-35(38,39)22-17-28(51-31(53)5-1-2-13-50-33(45)46)32(56-25-10-14-48-20-25)29(18-22)52(34(47)54)23-6-9-30(21(16-23)4-3-11-43)55-24-7-8-27(49-15-12-44)26(19-24)36(40,41)42/h6-9,16-19,25,48-49H,1-5,10-15,20,43-44H2,(H2,47,54)(H,51,53)(H4,45,46,50)/t25-/m1/s1. The predicted molar refractivity (Wildman–Crippen MR) is 200 cm³/mol. The molecular weight excluding hydrogens is 750 g/mol. The molecule has 0 bridgehead atoms. The van der Waals surface area contributed by atoms with Crippen molar-refractivity contribution < 1.29 is 45.4 Å². The summed E-state index contributed by atoms with van der Waals surface area (Å²) in [5.74, 6) is -1.21. The summed E-state index contributed by atoms with van der Waals surface area (Å²) in [5, 5.41) is 18.1. The van der Waals surface area contributed by atoms with Gasteiger partial charge in [-0.3, -0.25) is 15.1 Å². The number of nitrogens with one attached hydrogen (secondary N) is 5. The van der Waals surface area contributed by atoms with Crippen molar-refractivity contribution >= 4 is 40.6 Å². The van der Waals surface area contributed by atoms with E-state index in [9.17, 15) is 35.9 Å². The Kier molecular flexibility index (Phi) is 15.0. The summed E-state index contributed by atoms with van der Waals surface area (Å²) in [5.41, 5.74) is 19.5. The number of carbonyl (C=O) groups is 2. The van der Waals surface area contributed by atoms with E-state index in [0.717, 1.165) is 11.0 Å². The molecule has 20 heteroatoms. The van der Waals surface area contributed by atoms with Crippen LogP contribution in [0.4, 0.5) is 53.9 Å². The first kappa shape index (κ1) is 43.3. The van der Waals surface area contributed by atoms with Crippen LogP contribution in [0.2, 0.25) is 0 Å². The lowest BCUT2D eigenvalue weighted by Crippen LogP contribution is -2.33. The summed E-state index contributed by atoms with van der Waals surface area (Å²) < 4.78 is 97.4. The summed E-state index contributed by atoms with van der Waals surface area (Å²) >= 11 is 0. The van der Waals surface area contributed by atoms with Gasteiger partial charge in [0.25, 0.3) is 0 Å². The maximum atomic E-state index is 14.5. The van der Waals surface area contributed by atoms with E-state index in [1.54, 1.807) is 0 Å². The zero-order chi connectivity index (χ0) is 41.0. The first-order chi connectivity index (χ1) is 26.5. The number of anilines is 4. The van der Waals surface area contributed by atoms with E-state index in [1.165, 1.54) is 30.3 Å².